The molecule has 0 radical (unpaired) electrons. The molecule has 1 aromatic carbocycles. The van der Waals surface area contributed by atoms with E-state index < -0.39 is 10.0 Å². The molecule has 0 aliphatic carbocycles. The van der Waals surface area contributed by atoms with E-state index in [0.29, 0.717) is 17.9 Å². The first-order valence-corrected chi connectivity index (χ1v) is 7.84. The highest BCUT2D eigenvalue weighted by atomic mass is 32.2. The van der Waals surface area contributed by atoms with E-state index in [1.807, 2.05) is 19.1 Å². The number of aryl methyl sites for hydroxylation is 1. The van der Waals surface area contributed by atoms with Crippen molar-refractivity contribution in [3.8, 4) is 0 Å². The summed E-state index contributed by atoms with van der Waals surface area (Å²) in [6, 6.07) is 5.30. The Hall–Kier alpha value is -1.70. The summed E-state index contributed by atoms with van der Waals surface area (Å²) in [4.78, 5) is 0.298. The third-order valence-electron chi connectivity index (χ3n) is 3.06. The fourth-order valence-corrected chi connectivity index (χ4v) is 3.27. The fourth-order valence-electron chi connectivity index (χ4n) is 1.90. The Labute approximate surface area is 118 Å². The van der Waals surface area contributed by atoms with Crippen molar-refractivity contribution in [2.24, 2.45) is 5.73 Å². The summed E-state index contributed by atoms with van der Waals surface area (Å²) in [5.41, 5.74) is 7.93. The molecule has 0 bridgehead atoms. The Bertz CT molecular complexity index is 666. The second-order valence-corrected chi connectivity index (χ2v) is 6.17. The number of rotatable bonds is 6. The van der Waals surface area contributed by atoms with E-state index >= 15 is 0 Å². The van der Waals surface area contributed by atoms with Crippen molar-refractivity contribution in [2.75, 3.05) is 0 Å². The second kappa shape index (κ2) is 6.17. The molecule has 7 heteroatoms. The van der Waals surface area contributed by atoms with Gasteiger partial charge in [-0.2, -0.15) is 5.10 Å². The summed E-state index contributed by atoms with van der Waals surface area (Å²) in [6.07, 6.45) is 3.88. The normalized spacial score (nSPS) is 11.7. The third kappa shape index (κ3) is 3.24. The van der Waals surface area contributed by atoms with Crippen LogP contribution in [0.5, 0.6) is 0 Å². The van der Waals surface area contributed by atoms with Crippen molar-refractivity contribution in [1.29, 1.82) is 0 Å². The first-order chi connectivity index (χ1) is 9.56. The Balaban J connectivity index is 2.28. The molecule has 0 spiro atoms. The molecule has 1 heterocycles. The molecule has 2 aromatic rings. The van der Waals surface area contributed by atoms with Gasteiger partial charge in [0.25, 0.3) is 0 Å². The molecule has 20 heavy (non-hydrogen) atoms. The molecule has 0 unspecified atom stereocenters. The Morgan fingerprint density at radius 1 is 1.35 bits per heavy atom. The van der Waals surface area contributed by atoms with Gasteiger partial charge in [0.05, 0.1) is 11.1 Å². The van der Waals surface area contributed by atoms with Crippen molar-refractivity contribution >= 4 is 10.0 Å². The number of hydrogen-bond acceptors (Lipinski definition) is 4. The zero-order valence-corrected chi connectivity index (χ0v) is 12.1. The summed E-state index contributed by atoms with van der Waals surface area (Å²) in [7, 11) is -3.56. The highest BCUT2D eigenvalue weighted by Crippen LogP contribution is 2.18. The van der Waals surface area contributed by atoms with Crippen LogP contribution in [0, 0.1) is 0 Å². The van der Waals surface area contributed by atoms with Gasteiger partial charge in [0.2, 0.25) is 10.0 Å². The molecule has 0 amide bonds. The van der Waals surface area contributed by atoms with Crippen LogP contribution in [0.15, 0.2) is 35.5 Å². The topological polar surface area (TPSA) is 101 Å². The molecule has 4 N–H and O–H groups in total. The van der Waals surface area contributed by atoms with E-state index in [0.717, 1.165) is 16.7 Å². The molecular formula is C13H18N4O2S. The molecule has 0 saturated carbocycles. The molecule has 1 aromatic heterocycles. The van der Waals surface area contributed by atoms with Crippen LogP contribution in [0.4, 0.5) is 0 Å². The second-order valence-electron chi connectivity index (χ2n) is 4.43. The standard InChI is InChI=1S/C13H18N4O2S/c1-2-12-4-3-10(6-14)5-13(12)20(18,19)17-9-11-7-15-16-8-11/h3-5,7-8,17H,2,6,9,14H2,1H3,(H,15,16). The van der Waals surface area contributed by atoms with Gasteiger partial charge in [0, 0.05) is 24.8 Å². The van der Waals surface area contributed by atoms with Crippen molar-refractivity contribution < 1.29 is 8.42 Å². The van der Waals surface area contributed by atoms with Crippen LogP contribution >= 0.6 is 0 Å². The highest BCUT2D eigenvalue weighted by Gasteiger charge is 2.18. The number of nitrogens with two attached hydrogens (primary N) is 1. The smallest absolute Gasteiger partial charge is 0.241 e. The maximum atomic E-state index is 12.4. The van der Waals surface area contributed by atoms with E-state index in [2.05, 4.69) is 14.9 Å². The molecule has 0 atom stereocenters. The number of aromatic amines is 1. The van der Waals surface area contributed by atoms with Crippen LogP contribution in [-0.2, 0) is 29.5 Å². The number of sulfonamides is 1. The molecule has 2 rings (SSSR count). The van der Waals surface area contributed by atoms with Gasteiger partial charge in [-0.3, -0.25) is 5.10 Å². The minimum absolute atomic E-state index is 0.203. The zero-order valence-electron chi connectivity index (χ0n) is 11.3. The number of hydrogen-bond donors (Lipinski definition) is 3. The first kappa shape index (κ1) is 14.7. The molecule has 0 aliphatic heterocycles. The first-order valence-electron chi connectivity index (χ1n) is 6.36. The summed E-state index contributed by atoms with van der Waals surface area (Å²) < 4.78 is 27.4. The average Bonchev–Trinajstić information content (AvgIpc) is 2.98. The minimum atomic E-state index is -3.56. The molecule has 0 saturated heterocycles. The van der Waals surface area contributed by atoms with Crippen LogP contribution in [-0.4, -0.2) is 18.6 Å². The van der Waals surface area contributed by atoms with Gasteiger partial charge in [-0.1, -0.05) is 19.1 Å². The predicted octanol–water partition coefficient (Wildman–Crippen LogP) is 0.909. The van der Waals surface area contributed by atoms with Gasteiger partial charge in [0.1, 0.15) is 0 Å². The van der Waals surface area contributed by atoms with E-state index in [-0.39, 0.29) is 6.54 Å². The molecule has 108 valence electrons. The van der Waals surface area contributed by atoms with E-state index in [9.17, 15) is 8.42 Å². The molecular weight excluding hydrogens is 276 g/mol. The zero-order chi connectivity index (χ0) is 14.6. The van der Waals surface area contributed by atoms with Crippen LogP contribution in [0.25, 0.3) is 0 Å². The van der Waals surface area contributed by atoms with Crippen LogP contribution in [0.1, 0.15) is 23.6 Å². The number of H-pyrrole nitrogens is 1. The summed E-state index contributed by atoms with van der Waals surface area (Å²) >= 11 is 0. The van der Waals surface area contributed by atoms with Gasteiger partial charge in [-0.25, -0.2) is 13.1 Å². The SMILES string of the molecule is CCc1ccc(CN)cc1S(=O)(=O)NCc1cn[nH]c1. The van der Waals surface area contributed by atoms with E-state index in [1.54, 1.807) is 18.5 Å². The van der Waals surface area contributed by atoms with Gasteiger partial charge < -0.3 is 5.73 Å². The number of benzene rings is 1. The lowest BCUT2D eigenvalue weighted by Crippen LogP contribution is -2.24. The van der Waals surface area contributed by atoms with E-state index in [1.165, 1.54) is 0 Å². The predicted molar refractivity (Wildman–Crippen MR) is 76.3 cm³/mol. The number of nitrogens with zero attached hydrogens (tertiary/aromatic N) is 1. The largest absolute Gasteiger partial charge is 0.326 e. The monoisotopic (exact) mass is 294 g/mol. The fraction of sp³-hybridized carbons (Fsp3) is 0.308. The van der Waals surface area contributed by atoms with Gasteiger partial charge >= 0.3 is 0 Å². The quantitative estimate of drug-likeness (QED) is 0.737. The lowest BCUT2D eigenvalue weighted by Gasteiger charge is -2.11. The van der Waals surface area contributed by atoms with Crippen molar-refractivity contribution in [1.82, 2.24) is 14.9 Å². The number of aromatic nitrogens is 2. The van der Waals surface area contributed by atoms with Gasteiger partial charge in [-0.05, 0) is 23.6 Å². The summed E-state index contributed by atoms with van der Waals surface area (Å²) in [5, 5.41) is 6.43. The number of nitrogens with one attached hydrogen (secondary N) is 2. The molecule has 0 aliphatic rings. The van der Waals surface area contributed by atoms with Crippen molar-refractivity contribution in [2.45, 2.75) is 31.3 Å². The van der Waals surface area contributed by atoms with Crippen molar-refractivity contribution in [3.63, 3.8) is 0 Å². The maximum Gasteiger partial charge on any atom is 0.241 e. The van der Waals surface area contributed by atoms with Crippen molar-refractivity contribution in [3.05, 3.63) is 47.3 Å². The molecule has 6 nitrogen and oxygen atoms in total. The Morgan fingerprint density at radius 3 is 2.75 bits per heavy atom. The van der Waals surface area contributed by atoms with E-state index in [4.69, 9.17) is 5.73 Å². The lowest BCUT2D eigenvalue weighted by molar-refractivity contribution is 0.580. The summed E-state index contributed by atoms with van der Waals surface area (Å²) in [6.45, 7) is 2.44. The Morgan fingerprint density at radius 2 is 2.15 bits per heavy atom. The van der Waals surface area contributed by atoms with Gasteiger partial charge in [-0.15, -0.1) is 0 Å². The maximum absolute atomic E-state index is 12.4. The van der Waals surface area contributed by atoms with Crippen LogP contribution < -0.4 is 10.5 Å². The molecule has 0 fully saturated rings. The lowest BCUT2D eigenvalue weighted by atomic mass is 10.1. The van der Waals surface area contributed by atoms with Gasteiger partial charge in [0.15, 0.2) is 0 Å². The highest BCUT2D eigenvalue weighted by molar-refractivity contribution is 7.89. The van der Waals surface area contributed by atoms with Crippen LogP contribution in [0.2, 0.25) is 0 Å². The third-order valence-corrected chi connectivity index (χ3v) is 4.54. The summed E-state index contributed by atoms with van der Waals surface area (Å²) in [5.74, 6) is 0. The minimum Gasteiger partial charge on any atom is -0.326 e. The van der Waals surface area contributed by atoms with Crippen LogP contribution in [0.3, 0.4) is 0 Å². The average molecular weight is 294 g/mol. The Kier molecular flexibility index (Phi) is 4.53.